The summed E-state index contributed by atoms with van der Waals surface area (Å²) in [5.74, 6) is -0.0993. The van der Waals surface area contributed by atoms with Crippen LogP contribution in [-0.2, 0) is 11.2 Å². The fourth-order valence-electron chi connectivity index (χ4n) is 1.93. The van der Waals surface area contributed by atoms with Crippen LogP contribution in [0.2, 0.25) is 0 Å². The molecule has 0 fully saturated rings. The zero-order valence-electron chi connectivity index (χ0n) is 11.5. The van der Waals surface area contributed by atoms with Crippen molar-refractivity contribution in [1.82, 2.24) is 0 Å². The van der Waals surface area contributed by atoms with Gasteiger partial charge in [-0.25, -0.2) is 4.39 Å². The van der Waals surface area contributed by atoms with E-state index in [-0.39, 0.29) is 23.2 Å². The van der Waals surface area contributed by atoms with Crippen molar-refractivity contribution in [2.24, 2.45) is 5.73 Å². The van der Waals surface area contributed by atoms with E-state index in [0.29, 0.717) is 6.42 Å². The number of hydrogen-bond acceptors (Lipinski definition) is 3. The topological polar surface area (TPSA) is 44.5 Å². The molecule has 0 heterocycles. The lowest BCUT2D eigenvalue weighted by Crippen LogP contribution is -2.35. The molecule has 0 saturated carbocycles. The van der Waals surface area contributed by atoms with Gasteiger partial charge in [-0.15, -0.1) is 0 Å². The molecule has 0 aliphatic rings. The number of methoxy groups -OCH3 is 2. The first-order valence-corrected chi connectivity index (χ1v) is 6.01. The molecule has 0 aliphatic heterocycles. The number of nitrogens with two attached hydrogens (primary N) is 1. The van der Waals surface area contributed by atoms with Crippen molar-refractivity contribution in [3.8, 4) is 5.75 Å². The molecular weight excluding hydrogens is 233 g/mol. The highest BCUT2D eigenvalue weighted by atomic mass is 19.1. The molecule has 18 heavy (non-hydrogen) atoms. The molecule has 1 aromatic rings. The Morgan fingerprint density at radius 2 is 2.00 bits per heavy atom. The van der Waals surface area contributed by atoms with Crippen LogP contribution in [0, 0.1) is 5.82 Å². The Hall–Kier alpha value is -1.13. The second-order valence-electron chi connectivity index (χ2n) is 5.10. The Kier molecular flexibility index (Phi) is 5.11. The minimum absolute atomic E-state index is 0.0623. The van der Waals surface area contributed by atoms with Crippen molar-refractivity contribution in [2.75, 3.05) is 14.2 Å². The summed E-state index contributed by atoms with van der Waals surface area (Å²) >= 11 is 0. The van der Waals surface area contributed by atoms with Crippen LogP contribution in [0.25, 0.3) is 0 Å². The summed E-state index contributed by atoms with van der Waals surface area (Å²) in [5.41, 5.74) is 6.66. The first kappa shape index (κ1) is 14.9. The molecule has 102 valence electrons. The Morgan fingerprint density at radius 1 is 1.33 bits per heavy atom. The van der Waals surface area contributed by atoms with Crippen molar-refractivity contribution in [3.63, 3.8) is 0 Å². The first-order chi connectivity index (χ1) is 8.38. The first-order valence-electron chi connectivity index (χ1n) is 6.01. The lowest BCUT2D eigenvalue weighted by atomic mass is 9.94. The van der Waals surface area contributed by atoms with Crippen molar-refractivity contribution in [3.05, 3.63) is 29.6 Å². The molecule has 0 amide bonds. The van der Waals surface area contributed by atoms with Gasteiger partial charge in [0.1, 0.15) is 0 Å². The van der Waals surface area contributed by atoms with E-state index in [0.717, 1.165) is 12.0 Å². The Balaban J connectivity index is 2.65. The molecule has 1 rings (SSSR count). The van der Waals surface area contributed by atoms with Gasteiger partial charge >= 0.3 is 0 Å². The maximum Gasteiger partial charge on any atom is 0.165 e. The predicted octanol–water partition coefficient (Wildman–Crippen LogP) is 2.52. The lowest BCUT2D eigenvalue weighted by molar-refractivity contribution is 0.0102. The summed E-state index contributed by atoms with van der Waals surface area (Å²) in [6.07, 6.45) is 1.34. The summed E-state index contributed by atoms with van der Waals surface area (Å²) in [6, 6.07) is 4.87. The maximum atomic E-state index is 13.5. The molecule has 1 unspecified atom stereocenters. The largest absolute Gasteiger partial charge is 0.494 e. The highest BCUT2D eigenvalue weighted by molar-refractivity contribution is 5.29. The van der Waals surface area contributed by atoms with Crippen LogP contribution >= 0.6 is 0 Å². The molecule has 0 bridgehead atoms. The maximum absolute atomic E-state index is 13.5. The van der Waals surface area contributed by atoms with Crippen LogP contribution in [-0.4, -0.2) is 25.9 Å². The third-order valence-corrected chi connectivity index (χ3v) is 3.02. The zero-order chi connectivity index (χ0) is 13.8. The van der Waals surface area contributed by atoms with Gasteiger partial charge in [-0.3, -0.25) is 0 Å². The molecule has 0 saturated heterocycles. The van der Waals surface area contributed by atoms with E-state index in [1.807, 2.05) is 19.9 Å². The monoisotopic (exact) mass is 255 g/mol. The number of ether oxygens (including phenoxy) is 2. The van der Waals surface area contributed by atoms with Gasteiger partial charge in [0.15, 0.2) is 11.6 Å². The van der Waals surface area contributed by atoms with Gasteiger partial charge in [-0.1, -0.05) is 6.07 Å². The normalized spacial score (nSPS) is 13.4. The second kappa shape index (κ2) is 6.16. The molecule has 1 atom stereocenters. The predicted molar refractivity (Wildman–Crippen MR) is 70.3 cm³/mol. The van der Waals surface area contributed by atoms with Crippen molar-refractivity contribution >= 4 is 0 Å². The van der Waals surface area contributed by atoms with Crippen LogP contribution < -0.4 is 10.5 Å². The summed E-state index contributed by atoms with van der Waals surface area (Å²) in [6.45, 7) is 3.98. The van der Waals surface area contributed by atoms with E-state index in [9.17, 15) is 4.39 Å². The summed E-state index contributed by atoms with van der Waals surface area (Å²) in [4.78, 5) is 0. The van der Waals surface area contributed by atoms with E-state index in [2.05, 4.69) is 0 Å². The molecule has 1 aromatic carbocycles. The van der Waals surface area contributed by atoms with Gasteiger partial charge in [0.25, 0.3) is 0 Å². The standard InChI is InChI=1S/C14H22FNO2/c1-14(2,18-4)9-11(16)7-10-5-6-13(17-3)12(15)8-10/h5-6,8,11H,7,9,16H2,1-4H3. The molecule has 4 heteroatoms. The van der Waals surface area contributed by atoms with Crippen LogP contribution in [0.1, 0.15) is 25.8 Å². The second-order valence-corrected chi connectivity index (χ2v) is 5.10. The van der Waals surface area contributed by atoms with Crippen molar-refractivity contribution < 1.29 is 13.9 Å². The minimum Gasteiger partial charge on any atom is -0.494 e. The fraction of sp³-hybridized carbons (Fsp3) is 0.571. The number of hydrogen-bond donors (Lipinski definition) is 1. The van der Waals surface area contributed by atoms with E-state index in [4.69, 9.17) is 15.2 Å². The Labute approximate surface area is 108 Å². The minimum atomic E-state index is -0.354. The summed E-state index contributed by atoms with van der Waals surface area (Å²) < 4.78 is 23.7. The molecule has 0 aliphatic carbocycles. The summed E-state index contributed by atoms with van der Waals surface area (Å²) in [7, 11) is 3.12. The van der Waals surface area contributed by atoms with E-state index in [1.165, 1.54) is 13.2 Å². The van der Waals surface area contributed by atoms with Crippen LogP contribution in [0.3, 0.4) is 0 Å². The fourth-order valence-corrected chi connectivity index (χ4v) is 1.93. The van der Waals surface area contributed by atoms with Gasteiger partial charge in [-0.05, 0) is 44.4 Å². The van der Waals surface area contributed by atoms with Crippen molar-refractivity contribution in [2.45, 2.75) is 38.3 Å². The van der Waals surface area contributed by atoms with Crippen LogP contribution in [0.15, 0.2) is 18.2 Å². The molecule has 0 aromatic heterocycles. The smallest absolute Gasteiger partial charge is 0.165 e. The van der Waals surface area contributed by atoms with Gasteiger partial charge < -0.3 is 15.2 Å². The lowest BCUT2D eigenvalue weighted by Gasteiger charge is -2.26. The molecular formula is C14H22FNO2. The van der Waals surface area contributed by atoms with Gasteiger partial charge in [0.2, 0.25) is 0 Å². The highest BCUT2D eigenvalue weighted by Gasteiger charge is 2.20. The Morgan fingerprint density at radius 3 is 2.50 bits per heavy atom. The quantitative estimate of drug-likeness (QED) is 0.849. The average Bonchev–Trinajstić information content (AvgIpc) is 2.28. The van der Waals surface area contributed by atoms with Gasteiger partial charge in [-0.2, -0.15) is 0 Å². The van der Waals surface area contributed by atoms with Crippen LogP contribution in [0.5, 0.6) is 5.75 Å². The average molecular weight is 255 g/mol. The third-order valence-electron chi connectivity index (χ3n) is 3.02. The third kappa shape index (κ3) is 4.27. The molecule has 3 nitrogen and oxygen atoms in total. The van der Waals surface area contributed by atoms with Crippen LogP contribution in [0.4, 0.5) is 4.39 Å². The molecule has 2 N–H and O–H groups in total. The van der Waals surface area contributed by atoms with Gasteiger partial charge in [0, 0.05) is 13.2 Å². The SMILES string of the molecule is COc1ccc(CC(N)CC(C)(C)OC)cc1F. The zero-order valence-corrected chi connectivity index (χ0v) is 11.5. The number of halogens is 1. The number of benzene rings is 1. The van der Waals surface area contributed by atoms with E-state index in [1.54, 1.807) is 13.2 Å². The Bertz CT molecular complexity index is 393. The molecule has 0 spiro atoms. The molecule has 0 radical (unpaired) electrons. The number of rotatable bonds is 6. The van der Waals surface area contributed by atoms with Gasteiger partial charge in [0.05, 0.1) is 12.7 Å². The summed E-state index contributed by atoms with van der Waals surface area (Å²) in [5, 5.41) is 0. The highest BCUT2D eigenvalue weighted by Crippen LogP contribution is 2.21. The van der Waals surface area contributed by atoms with Crippen molar-refractivity contribution in [1.29, 1.82) is 0 Å². The van der Waals surface area contributed by atoms with E-state index < -0.39 is 0 Å². The van der Waals surface area contributed by atoms with E-state index >= 15 is 0 Å².